The van der Waals surface area contributed by atoms with Gasteiger partial charge in [0.15, 0.2) is 0 Å². The van der Waals surface area contributed by atoms with Crippen LogP contribution in [0.4, 0.5) is 26.3 Å². The third-order valence-corrected chi connectivity index (χ3v) is 3.25. The lowest BCUT2D eigenvalue weighted by Gasteiger charge is -2.14. The van der Waals surface area contributed by atoms with Gasteiger partial charge in [-0.25, -0.2) is 0 Å². The fourth-order valence-corrected chi connectivity index (χ4v) is 2.23. The smallest absolute Gasteiger partial charge is 0.406 e. The largest absolute Gasteiger partial charge is 0.573 e. The fraction of sp³-hybridized carbons (Fsp3) is 0.200. The Balaban J connectivity index is 2.50. The van der Waals surface area contributed by atoms with Gasteiger partial charge in [-0.05, 0) is 41.0 Å². The molecule has 0 fully saturated rings. The van der Waals surface area contributed by atoms with Crippen LogP contribution in [0.5, 0.6) is 5.75 Å². The van der Waals surface area contributed by atoms with Crippen LogP contribution in [-0.2, 0) is 12.1 Å². The van der Waals surface area contributed by atoms with Crippen molar-refractivity contribution in [2.45, 2.75) is 18.4 Å². The number of rotatable bonds is 3. The second-order valence-electron chi connectivity index (χ2n) is 4.58. The molecule has 0 N–H and O–H groups in total. The van der Waals surface area contributed by atoms with Crippen molar-refractivity contribution in [1.82, 2.24) is 0 Å². The first kappa shape index (κ1) is 17.5. The first-order valence-corrected chi connectivity index (χ1v) is 6.76. The molecule has 0 spiro atoms. The summed E-state index contributed by atoms with van der Waals surface area (Å²) in [5.74, 6) is -0.606. The number of benzene rings is 2. The van der Waals surface area contributed by atoms with Crippen LogP contribution < -0.4 is 4.74 Å². The lowest BCUT2D eigenvalue weighted by atomic mass is 9.97. The van der Waals surface area contributed by atoms with Crippen LogP contribution in [0.1, 0.15) is 11.1 Å². The van der Waals surface area contributed by atoms with Crippen molar-refractivity contribution in [3.63, 3.8) is 0 Å². The summed E-state index contributed by atoms with van der Waals surface area (Å²) >= 11 is 5.70. The topological polar surface area (TPSA) is 9.23 Å². The summed E-state index contributed by atoms with van der Waals surface area (Å²) < 4.78 is 79.0. The normalized spacial score (nSPS) is 12.3. The molecule has 8 heteroatoms. The first-order chi connectivity index (χ1) is 10.6. The van der Waals surface area contributed by atoms with Gasteiger partial charge in [-0.1, -0.05) is 18.2 Å². The fourth-order valence-electron chi connectivity index (χ4n) is 2.00. The summed E-state index contributed by atoms with van der Waals surface area (Å²) in [6.07, 6.45) is -9.46. The Labute approximate surface area is 132 Å². The third-order valence-electron chi connectivity index (χ3n) is 2.96. The Hall–Kier alpha value is -1.89. The Morgan fingerprint density at radius 2 is 1.61 bits per heavy atom. The highest BCUT2D eigenvalue weighted by Crippen LogP contribution is 2.36. The molecule has 2 aromatic carbocycles. The first-order valence-electron chi connectivity index (χ1n) is 6.22. The molecule has 0 bridgehead atoms. The van der Waals surface area contributed by atoms with Gasteiger partial charge in [0, 0.05) is 5.88 Å². The molecule has 2 rings (SSSR count). The Bertz CT molecular complexity index is 693. The van der Waals surface area contributed by atoms with Crippen molar-refractivity contribution in [3.8, 4) is 16.9 Å². The standard InChI is InChI=1S/C15H9ClF6O/c16-8-10-4-5-11(14(17,18)19)7-13(10)9-2-1-3-12(6-9)23-15(20,21)22/h1-7H,8H2. The summed E-state index contributed by atoms with van der Waals surface area (Å²) in [5, 5.41) is 0. The van der Waals surface area contributed by atoms with Gasteiger partial charge >= 0.3 is 12.5 Å². The minimum absolute atomic E-state index is 0.0855. The van der Waals surface area contributed by atoms with E-state index in [4.69, 9.17) is 11.6 Å². The molecule has 0 saturated heterocycles. The van der Waals surface area contributed by atoms with Gasteiger partial charge in [-0.3, -0.25) is 0 Å². The van der Waals surface area contributed by atoms with E-state index < -0.39 is 23.9 Å². The molecule has 0 radical (unpaired) electrons. The lowest BCUT2D eigenvalue weighted by molar-refractivity contribution is -0.274. The van der Waals surface area contributed by atoms with Crippen LogP contribution in [-0.4, -0.2) is 6.36 Å². The van der Waals surface area contributed by atoms with E-state index in [-0.39, 0.29) is 17.0 Å². The molecular formula is C15H9ClF6O. The van der Waals surface area contributed by atoms with Crippen molar-refractivity contribution in [3.05, 3.63) is 53.6 Å². The summed E-state index contributed by atoms with van der Waals surface area (Å²) in [4.78, 5) is 0. The van der Waals surface area contributed by atoms with Gasteiger partial charge in [-0.2, -0.15) is 13.2 Å². The predicted molar refractivity (Wildman–Crippen MR) is 73.1 cm³/mol. The molecule has 0 atom stereocenters. The van der Waals surface area contributed by atoms with E-state index in [1.807, 2.05) is 0 Å². The number of halogens is 7. The van der Waals surface area contributed by atoms with E-state index in [9.17, 15) is 26.3 Å². The molecule has 0 aromatic heterocycles. The zero-order valence-electron chi connectivity index (χ0n) is 11.3. The van der Waals surface area contributed by atoms with E-state index in [2.05, 4.69) is 4.74 Å². The van der Waals surface area contributed by atoms with Crippen LogP contribution >= 0.6 is 11.6 Å². The van der Waals surface area contributed by atoms with E-state index in [0.717, 1.165) is 24.3 Å². The zero-order chi connectivity index (χ0) is 17.3. The Morgan fingerprint density at radius 3 is 2.17 bits per heavy atom. The average molecular weight is 355 g/mol. The summed E-state index contributed by atoms with van der Waals surface area (Å²) in [5.41, 5.74) is -0.303. The third kappa shape index (κ3) is 4.54. The molecular weight excluding hydrogens is 346 g/mol. The number of hydrogen-bond acceptors (Lipinski definition) is 1. The maximum absolute atomic E-state index is 12.8. The summed E-state index contributed by atoms with van der Waals surface area (Å²) in [6.45, 7) is 0. The predicted octanol–water partition coefficient (Wildman–Crippen LogP) is 6.01. The van der Waals surface area contributed by atoms with Gasteiger partial charge in [0.2, 0.25) is 0 Å². The monoisotopic (exact) mass is 354 g/mol. The molecule has 2 aromatic rings. The van der Waals surface area contributed by atoms with Crippen molar-refractivity contribution >= 4 is 11.6 Å². The van der Waals surface area contributed by atoms with Crippen molar-refractivity contribution in [2.24, 2.45) is 0 Å². The number of hydrogen-bond donors (Lipinski definition) is 0. The van der Waals surface area contributed by atoms with Crippen LogP contribution in [0.3, 0.4) is 0 Å². The minimum Gasteiger partial charge on any atom is -0.406 e. The quantitative estimate of drug-likeness (QED) is 0.484. The van der Waals surface area contributed by atoms with Crippen LogP contribution in [0.25, 0.3) is 11.1 Å². The summed E-state index contributed by atoms with van der Waals surface area (Å²) in [7, 11) is 0. The second-order valence-corrected chi connectivity index (χ2v) is 4.85. The molecule has 124 valence electrons. The Kier molecular flexibility index (Phi) is 4.79. The molecule has 23 heavy (non-hydrogen) atoms. The molecule has 0 heterocycles. The van der Waals surface area contributed by atoms with Crippen LogP contribution in [0, 0.1) is 0 Å². The highest BCUT2D eigenvalue weighted by atomic mass is 35.5. The zero-order valence-corrected chi connectivity index (χ0v) is 12.1. The van der Waals surface area contributed by atoms with Gasteiger partial charge in [0.1, 0.15) is 5.75 Å². The van der Waals surface area contributed by atoms with E-state index in [1.165, 1.54) is 18.2 Å². The van der Waals surface area contributed by atoms with Gasteiger partial charge in [0.05, 0.1) is 5.56 Å². The van der Waals surface area contributed by atoms with Gasteiger partial charge in [0.25, 0.3) is 0 Å². The van der Waals surface area contributed by atoms with Gasteiger partial charge in [-0.15, -0.1) is 24.8 Å². The Morgan fingerprint density at radius 1 is 0.913 bits per heavy atom. The van der Waals surface area contributed by atoms with E-state index in [0.29, 0.717) is 5.56 Å². The molecule has 0 saturated carbocycles. The van der Waals surface area contributed by atoms with Crippen molar-refractivity contribution < 1.29 is 31.1 Å². The second kappa shape index (κ2) is 6.31. The number of alkyl halides is 7. The molecule has 0 aliphatic rings. The van der Waals surface area contributed by atoms with Crippen LogP contribution in [0.15, 0.2) is 42.5 Å². The lowest BCUT2D eigenvalue weighted by Crippen LogP contribution is -2.17. The summed E-state index contributed by atoms with van der Waals surface area (Å²) in [6, 6.07) is 7.64. The van der Waals surface area contributed by atoms with E-state index >= 15 is 0 Å². The maximum Gasteiger partial charge on any atom is 0.573 e. The molecule has 1 nitrogen and oxygen atoms in total. The molecule has 0 unspecified atom stereocenters. The molecule has 0 aliphatic carbocycles. The average Bonchev–Trinajstić information content (AvgIpc) is 2.44. The maximum atomic E-state index is 12.8. The molecule has 0 aliphatic heterocycles. The van der Waals surface area contributed by atoms with Gasteiger partial charge < -0.3 is 4.74 Å². The SMILES string of the molecule is FC(F)(F)Oc1cccc(-c2cc(C(F)(F)F)ccc2CCl)c1. The highest BCUT2D eigenvalue weighted by Gasteiger charge is 2.32. The van der Waals surface area contributed by atoms with Crippen molar-refractivity contribution in [2.75, 3.05) is 0 Å². The number of ether oxygens (including phenoxy) is 1. The van der Waals surface area contributed by atoms with Crippen LogP contribution in [0.2, 0.25) is 0 Å². The highest BCUT2D eigenvalue weighted by molar-refractivity contribution is 6.17. The van der Waals surface area contributed by atoms with E-state index in [1.54, 1.807) is 0 Å². The molecule has 0 amide bonds. The van der Waals surface area contributed by atoms with Crippen molar-refractivity contribution in [1.29, 1.82) is 0 Å². The minimum atomic E-state index is -4.89.